The second-order valence-corrected chi connectivity index (χ2v) is 22.0. The highest BCUT2D eigenvalue weighted by molar-refractivity contribution is 6.66. The fourth-order valence-electron chi connectivity index (χ4n) is 11.8. The predicted molar refractivity (Wildman–Crippen MR) is 303 cm³/mol. The normalized spacial score (nSPS) is 21.0. The Hall–Kier alpha value is -7.21. The van der Waals surface area contributed by atoms with E-state index >= 15 is 0 Å². The quantitative estimate of drug-likeness (QED) is 0.0663. The lowest BCUT2D eigenvalue weighted by Gasteiger charge is -2.42. The smallest absolute Gasteiger partial charge is 0.418 e. The summed E-state index contributed by atoms with van der Waals surface area (Å²) in [7, 11) is 4.13. The molecule has 4 aromatic rings. The molecule has 444 valence electrons. The van der Waals surface area contributed by atoms with Crippen molar-refractivity contribution in [3.05, 3.63) is 107 Å². The summed E-state index contributed by atoms with van der Waals surface area (Å²) < 4.78 is 94.9. The van der Waals surface area contributed by atoms with Crippen LogP contribution in [-0.2, 0) is 47.9 Å². The number of ether oxygens (including phenoxy) is 2. The number of aromatic nitrogens is 4. The molecule has 8 heterocycles. The van der Waals surface area contributed by atoms with Crippen LogP contribution in [0.4, 0.5) is 49.4 Å². The van der Waals surface area contributed by atoms with Crippen molar-refractivity contribution in [2.24, 2.45) is 5.92 Å². The Morgan fingerprint density at radius 1 is 0.627 bits per heavy atom. The Kier molecular flexibility index (Phi) is 20.8. The van der Waals surface area contributed by atoms with Crippen LogP contribution < -0.4 is 29.1 Å². The van der Waals surface area contributed by atoms with Gasteiger partial charge in [0, 0.05) is 86.8 Å². The van der Waals surface area contributed by atoms with Crippen LogP contribution in [0.25, 0.3) is 0 Å². The van der Waals surface area contributed by atoms with Crippen molar-refractivity contribution >= 4 is 45.8 Å². The molecular formula is C59H70ClF6N13O4. The van der Waals surface area contributed by atoms with Gasteiger partial charge >= 0.3 is 24.4 Å². The van der Waals surface area contributed by atoms with Gasteiger partial charge in [0.15, 0.2) is 0 Å². The van der Waals surface area contributed by atoms with E-state index in [1.54, 1.807) is 26.8 Å². The van der Waals surface area contributed by atoms with E-state index in [-0.39, 0.29) is 66.8 Å². The maximum absolute atomic E-state index is 13.8. The van der Waals surface area contributed by atoms with Crippen LogP contribution in [0.15, 0.2) is 73.8 Å². The number of carbonyl (C=O) groups excluding carboxylic acids is 2. The molecule has 0 bridgehead atoms. The summed E-state index contributed by atoms with van der Waals surface area (Å²) in [6.45, 7) is 13.7. The van der Waals surface area contributed by atoms with Gasteiger partial charge in [0.05, 0.1) is 60.2 Å². The molecule has 2 aromatic carbocycles. The zero-order chi connectivity index (χ0) is 59.4. The first-order valence-corrected chi connectivity index (χ1v) is 28.4. The lowest BCUT2D eigenvalue weighted by Crippen LogP contribution is -2.55. The second-order valence-electron chi connectivity index (χ2n) is 21.6. The standard InChI is InChI=1S/C29H34F3N7O2.C27H33F3N6O.C3H3ClO/c1-3-26(40)39-16-15-38(17-20(39)10-12-33)27-22-11-14-37(25-9-5-4-8-23(25)29(30,31)32)18-24(22)34-28(35-27)41-19-21-7-6-13-36(21)2;1-34-13-5-7-20(34)18-37-26-32-23-17-35(24-9-3-2-8-22(24)27(28,29)30)15-11-21(23)25(33-26)36-14-4-6-19(16-36)10-12-31;1-2-3(4)5/h3-5,8-9,20-21H,1,6-7,10-11,13-19H2,2H3;2-3,8-9,19-20H,4-7,10-11,13-18H2,1H3;2H,1H2/t20?,21-;19?,20-;/m00./s1. The number of hydrogen-bond donors (Lipinski definition) is 0. The largest absolute Gasteiger partial charge is 0.462 e. The fraction of sp³-hybridized carbons (Fsp3) is 0.525. The number of piperidine rings is 1. The molecule has 10 rings (SSSR count). The number of likely N-dealkylation sites (N-methyl/N-ethyl adjacent to an activating group) is 2. The minimum absolute atomic E-state index is 0.117. The van der Waals surface area contributed by atoms with Gasteiger partial charge in [-0.1, -0.05) is 37.4 Å². The average Bonchev–Trinajstić information content (AvgIpc) is 4.29. The van der Waals surface area contributed by atoms with Crippen molar-refractivity contribution in [3.8, 4) is 24.2 Å². The van der Waals surface area contributed by atoms with E-state index in [2.05, 4.69) is 54.1 Å². The number of alkyl halides is 6. The molecule has 6 aliphatic heterocycles. The minimum atomic E-state index is -4.48. The average molecular weight is 1170 g/mol. The first-order valence-electron chi connectivity index (χ1n) is 28.1. The molecule has 2 aromatic heterocycles. The highest BCUT2D eigenvalue weighted by Gasteiger charge is 2.39. The molecule has 0 aliphatic carbocycles. The lowest BCUT2D eigenvalue weighted by molar-refractivity contribution is -0.138. The van der Waals surface area contributed by atoms with Crippen LogP contribution in [0, 0.1) is 28.6 Å². The molecule has 0 N–H and O–H groups in total. The first-order chi connectivity index (χ1) is 39.8. The SMILES string of the molecule is C=CC(=O)Cl.C=CC(=O)N1CCN(c2nc(OC[C@@H]3CCCN3C)nc3c2CCN(c2ccccc2C(F)(F)F)C3)CC1CC#N.CN1CCC[C@H]1COc1nc2c(c(N3CCCC(CC#N)C3)n1)CCN(c1ccccc1C(F)(F)F)C2. The van der Waals surface area contributed by atoms with Crippen LogP contribution in [0.3, 0.4) is 0 Å². The Balaban J connectivity index is 0.000000201. The number of para-hydroxylation sites is 2. The van der Waals surface area contributed by atoms with Crippen LogP contribution in [0.2, 0.25) is 0 Å². The molecule has 0 radical (unpaired) electrons. The van der Waals surface area contributed by atoms with Gasteiger partial charge in [-0.2, -0.15) is 56.8 Å². The zero-order valence-electron chi connectivity index (χ0n) is 46.9. The number of nitriles is 2. The van der Waals surface area contributed by atoms with E-state index in [9.17, 15) is 46.5 Å². The van der Waals surface area contributed by atoms with Gasteiger partial charge in [-0.25, -0.2) is 0 Å². The van der Waals surface area contributed by atoms with Gasteiger partial charge in [-0.3, -0.25) is 9.59 Å². The number of halogens is 7. The number of amides is 1. The van der Waals surface area contributed by atoms with Gasteiger partial charge in [0.1, 0.15) is 24.8 Å². The summed E-state index contributed by atoms with van der Waals surface area (Å²) in [5.74, 6) is 1.52. The number of piperazine rings is 1. The number of rotatable bonds is 14. The third-order valence-electron chi connectivity index (χ3n) is 16.2. The van der Waals surface area contributed by atoms with Gasteiger partial charge < -0.3 is 43.8 Å². The number of nitrogens with zero attached hydrogens (tertiary/aromatic N) is 13. The minimum Gasteiger partial charge on any atom is -0.462 e. The van der Waals surface area contributed by atoms with Crippen LogP contribution in [0.5, 0.6) is 12.0 Å². The number of likely N-dealkylation sites (tertiary alicyclic amines) is 2. The molecule has 1 amide bonds. The van der Waals surface area contributed by atoms with Crippen LogP contribution >= 0.6 is 11.6 Å². The maximum Gasteiger partial charge on any atom is 0.418 e. The van der Waals surface area contributed by atoms with E-state index in [0.29, 0.717) is 88.4 Å². The van der Waals surface area contributed by atoms with Crippen LogP contribution in [-0.4, -0.2) is 150 Å². The summed E-state index contributed by atoms with van der Waals surface area (Å²) >= 11 is 4.71. The summed E-state index contributed by atoms with van der Waals surface area (Å²) in [4.78, 5) is 54.8. The molecular weight excluding hydrogens is 1100 g/mol. The summed E-state index contributed by atoms with van der Waals surface area (Å²) in [5.41, 5.74) is 2.14. The first kappa shape index (κ1) is 61.9. The molecule has 6 aliphatic rings. The van der Waals surface area contributed by atoms with Gasteiger partial charge in [-0.05, 0) is 132 Å². The van der Waals surface area contributed by atoms with Gasteiger partial charge in [0.2, 0.25) is 11.1 Å². The number of hydrogen-bond acceptors (Lipinski definition) is 16. The lowest BCUT2D eigenvalue weighted by atomic mass is 9.94. The predicted octanol–water partition coefficient (Wildman–Crippen LogP) is 9.25. The Morgan fingerprint density at radius 3 is 1.53 bits per heavy atom. The highest BCUT2D eigenvalue weighted by Crippen LogP contribution is 2.42. The number of anilines is 4. The Morgan fingerprint density at radius 2 is 1.10 bits per heavy atom. The van der Waals surface area contributed by atoms with E-state index in [4.69, 9.17) is 41.0 Å². The molecule has 4 saturated heterocycles. The van der Waals surface area contributed by atoms with E-state index < -0.39 is 28.7 Å². The van der Waals surface area contributed by atoms with E-state index in [0.717, 1.165) is 99.9 Å². The summed E-state index contributed by atoms with van der Waals surface area (Å²) in [6.07, 6.45) is 1.29. The molecule has 83 heavy (non-hydrogen) atoms. The van der Waals surface area contributed by atoms with Crippen molar-refractivity contribution in [2.75, 3.05) is 106 Å². The van der Waals surface area contributed by atoms with Crippen molar-refractivity contribution in [1.29, 1.82) is 10.5 Å². The molecule has 0 saturated carbocycles. The Labute approximate surface area is 485 Å². The second kappa shape index (κ2) is 27.9. The van der Waals surface area contributed by atoms with Gasteiger partial charge in [0.25, 0.3) is 0 Å². The topological polar surface area (TPSA) is 174 Å². The third-order valence-corrected chi connectivity index (χ3v) is 16.4. The Bertz CT molecular complexity index is 3030. The molecule has 2 unspecified atom stereocenters. The molecule has 17 nitrogen and oxygen atoms in total. The fourth-order valence-corrected chi connectivity index (χ4v) is 11.8. The third kappa shape index (κ3) is 15.5. The molecule has 0 spiro atoms. The summed E-state index contributed by atoms with van der Waals surface area (Å²) in [6, 6.07) is 16.4. The van der Waals surface area contributed by atoms with Gasteiger partial charge in [-0.15, -0.1) is 0 Å². The van der Waals surface area contributed by atoms with E-state index in [1.807, 2.05) is 4.90 Å². The van der Waals surface area contributed by atoms with Crippen molar-refractivity contribution in [3.63, 3.8) is 0 Å². The van der Waals surface area contributed by atoms with E-state index in [1.165, 1.54) is 30.3 Å². The number of allylic oxidation sites excluding steroid dienone is 1. The van der Waals surface area contributed by atoms with Crippen molar-refractivity contribution < 1.29 is 45.4 Å². The summed E-state index contributed by atoms with van der Waals surface area (Å²) in [5, 5.41) is 18.1. The number of benzene rings is 2. The monoisotopic (exact) mass is 1170 g/mol. The van der Waals surface area contributed by atoms with Crippen molar-refractivity contribution in [1.82, 2.24) is 34.6 Å². The van der Waals surface area contributed by atoms with Crippen LogP contribution in [0.1, 0.15) is 85.0 Å². The number of carbonyl (C=O) groups is 2. The highest BCUT2D eigenvalue weighted by atomic mass is 35.5. The molecule has 4 atom stereocenters. The zero-order valence-corrected chi connectivity index (χ0v) is 47.6. The molecule has 4 fully saturated rings. The number of fused-ring (bicyclic) bond motifs is 2. The molecule has 24 heteroatoms. The maximum atomic E-state index is 13.8. The van der Waals surface area contributed by atoms with Crippen molar-refractivity contribution in [2.45, 2.75) is 108 Å².